The molecular weight excluding hydrogens is 257 g/mol. The summed E-state index contributed by atoms with van der Waals surface area (Å²) in [5.41, 5.74) is 8.55. The summed E-state index contributed by atoms with van der Waals surface area (Å²) in [6.45, 7) is 0. The number of rotatable bonds is 4. The predicted octanol–water partition coefficient (Wildman–Crippen LogP) is 2.54. The number of carbonyl (C=O) groups is 1. The Morgan fingerprint density at radius 3 is 2.50 bits per heavy atom. The summed E-state index contributed by atoms with van der Waals surface area (Å²) in [4.78, 5) is 11.4. The predicted molar refractivity (Wildman–Crippen MR) is 75.5 cm³/mol. The van der Waals surface area contributed by atoms with Crippen molar-refractivity contribution in [1.29, 1.82) is 0 Å². The van der Waals surface area contributed by atoms with E-state index in [0.29, 0.717) is 6.42 Å². The van der Waals surface area contributed by atoms with Crippen molar-refractivity contribution in [3.8, 4) is 11.1 Å². The summed E-state index contributed by atoms with van der Waals surface area (Å²) in [6.07, 6.45) is 0.375. The molecule has 4 heteroatoms. The van der Waals surface area contributed by atoms with Gasteiger partial charge in [-0.15, -0.1) is 0 Å². The minimum absolute atomic E-state index is 0.280. The van der Waals surface area contributed by atoms with Gasteiger partial charge in [-0.2, -0.15) is 0 Å². The molecule has 0 spiro atoms. The summed E-state index contributed by atoms with van der Waals surface area (Å²) >= 11 is 0. The van der Waals surface area contributed by atoms with Crippen LogP contribution in [0.15, 0.2) is 48.5 Å². The van der Waals surface area contributed by atoms with E-state index in [4.69, 9.17) is 5.73 Å². The summed E-state index contributed by atoms with van der Waals surface area (Å²) < 4.78 is 17.6. The van der Waals surface area contributed by atoms with Crippen molar-refractivity contribution < 1.29 is 13.9 Å². The van der Waals surface area contributed by atoms with Crippen LogP contribution in [-0.4, -0.2) is 19.1 Å². The first-order valence-corrected chi connectivity index (χ1v) is 6.29. The van der Waals surface area contributed by atoms with Crippen LogP contribution in [0.2, 0.25) is 0 Å². The van der Waals surface area contributed by atoms with Crippen LogP contribution in [0.5, 0.6) is 0 Å². The third-order valence-electron chi connectivity index (χ3n) is 3.12. The molecule has 20 heavy (non-hydrogen) atoms. The van der Waals surface area contributed by atoms with Crippen LogP contribution >= 0.6 is 0 Å². The van der Waals surface area contributed by atoms with Crippen LogP contribution in [0, 0.1) is 5.82 Å². The van der Waals surface area contributed by atoms with Crippen molar-refractivity contribution in [2.75, 3.05) is 7.11 Å². The van der Waals surface area contributed by atoms with Gasteiger partial charge in [0.05, 0.1) is 7.11 Å². The van der Waals surface area contributed by atoms with Crippen molar-refractivity contribution >= 4 is 5.97 Å². The molecular formula is C16H16FNO2. The lowest BCUT2D eigenvalue weighted by molar-refractivity contribution is -0.142. The smallest absolute Gasteiger partial charge is 0.322 e. The van der Waals surface area contributed by atoms with Crippen molar-refractivity contribution in [3.63, 3.8) is 0 Å². The Kier molecular flexibility index (Phi) is 4.48. The average molecular weight is 273 g/mol. The van der Waals surface area contributed by atoms with Crippen LogP contribution in [0.25, 0.3) is 11.1 Å². The van der Waals surface area contributed by atoms with Crippen molar-refractivity contribution in [2.45, 2.75) is 12.5 Å². The van der Waals surface area contributed by atoms with Crippen molar-refractivity contribution in [2.24, 2.45) is 5.73 Å². The lowest BCUT2D eigenvalue weighted by Crippen LogP contribution is -2.33. The second-order valence-electron chi connectivity index (χ2n) is 4.50. The number of hydrogen-bond acceptors (Lipinski definition) is 3. The number of esters is 1. The summed E-state index contributed by atoms with van der Waals surface area (Å²) in [5, 5.41) is 0. The molecule has 0 bridgehead atoms. The summed E-state index contributed by atoms with van der Waals surface area (Å²) in [6, 6.07) is 13.1. The maximum absolute atomic E-state index is 13.0. The van der Waals surface area contributed by atoms with Crippen LogP contribution in [-0.2, 0) is 16.0 Å². The molecule has 0 aliphatic heterocycles. The van der Waals surface area contributed by atoms with Crippen molar-refractivity contribution in [1.82, 2.24) is 0 Å². The topological polar surface area (TPSA) is 52.3 Å². The molecule has 0 heterocycles. The fourth-order valence-electron chi connectivity index (χ4n) is 2.08. The molecule has 2 N–H and O–H groups in total. The summed E-state index contributed by atoms with van der Waals surface area (Å²) in [7, 11) is 1.31. The number of nitrogens with two attached hydrogens (primary N) is 1. The number of hydrogen-bond donors (Lipinski definition) is 1. The zero-order valence-electron chi connectivity index (χ0n) is 11.2. The highest BCUT2D eigenvalue weighted by Crippen LogP contribution is 2.24. The quantitative estimate of drug-likeness (QED) is 0.871. The van der Waals surface area contributed by atoms with Crippen LogP contribution < -0.4 is 5.73 Å². The average Bonchev–Trinajstić information content (AvgIpc) is 2.48. The Hall–Kier alpha value is -2.20. The lowest BCUT2D eigenvalue weighted by atomic mass is 9.95. The maximum atomic E-state index is 13.0. The molecule has 0 fully saturated rings. The molecule has 3 nitrogen and oxygen atoms in total. The zero-order chi connectivity index (χ0) is 14.5. The molecule has 2 aromatic rings. The van der Waals surface area contributed by atoms with E-state index in [9.17, 15) is 9.18 Å². The van der Waals surface area contributed by atoms with E-state index in [2.05, 4.69) is 4.74 Å². The first kappa shape index (κ1) is 14.2. The van der Waals surface area contributed by atoms with Gasteiger partial charge in [-0.1, -0.05) is 36.4 Å². The molecule has 0 saturated heterocycles. The van der Waals surface area contributed by atoms with E-state index in [0.717, 1.165) is 16.7 Å². The maximum Gasteiger partial charge on any atom is 0.322 e. The Bertz CT molecular complexity index is 596. The second kappa shape index (κ2) is 6.30. The molecule has 1 atom stereocenters. The molecule has 2 rings (SSSR count). The van der Waals surface area contributed by atoms with Crippen LogP contribution in [0.1, 0.15) is 5.56 Å². The van der Waals surface area contributed by atoms with Gasteiger partial charge >= 0.3 is 5.97 Å². The highest BCUT2D eigenvalue weighted by atomic mass is 19.1. The molecule has 0 aliphatic carbocycles. The fourth-order valence-corrected chi connectivity index (χ4v) is 2.08. The number of benzene rings is 2. The third kappa shape index (κ3) is 3.22. The van der Waals surface area contributed by atoms with E-state index in [1.165, 1.54) is 19.2 Å². The number of methoxy groups -OCH3 is 1. The van der Waals surface area contributed by atoms with Gasteiger partial charge in [0.15, 0.2) is 0 Å². The second-order valence-corrected chi connectivity index (χ2v) is 4.50. The lowest BCUT2D eigenvalue weighted by Gasteiger charge is -2.13. The van der Waals surface area contributed by atoms with E-state index >= 15 is 0 Å². The SMILES string of the molecule is COC(=O)C(N)Cc1ccccc1-c1ccc(F)cc1. The highest BCUT2D eigenvalue weighted by Gasteiger charge is 2.16. The largest absolute Gasteiger partial charge is 0.468 e. The number of ether oxygens (including phenoxy) is 1. The number of carbonyl (C=O) groups excluding carboxylic acids is 1. The van der Waals surface area contributed by atoms with Crippen LogP contribution in [0.4, 0.5) is 4.39 Å². The third-order valence-corrected chi connectivity index (χ3v) is 3.12. The Morgan fingerprint density at radius 2 is 1.85 bits per heavy atom. The minimum atomic E-state index is -0.707. The minimum Gasteiger partial charge on any atom is -0.468 e. The van der Waals surface area contributed by atoms with Gasteiger partial charge in [-0.05, 0) is 35.2 Å². The van der Waals surface area contributed by atoms with Gasteiger partial charge in [0.25, 0.3) is 0 Å². The summed E-state index contributed by atoms with van der Waals surface area (Å²) in [5.74, 6) is -0.726. The number of halogens is 1. The molecule has 0 saturated carbocycles. The Balaban J connectivity index is 2.31. The molecule has 0 aliphatic rings. The highest BCUT2D eigenvalue weighted by molar-refractivity contribution is 5.77. The standard InChI is InChI=1S/C16H16FNO2/c1-20-16(19)15(18)10-12-4-2-3-5-14(12)11-6-8-13(17)9-7-11/h2-9,15H,10,18H2,1H3. The Labute approximate surface area is 117 Å². The van der Waals surface area contributed by atoms with E-state index < -0.39 is 12.0 Å². The van der Waals surface area contributed by atoms with E-state index in [1.807, 2.05) is 24.3 Å². The van der Waals surface area contributed by atoms with Gasteiger partial charge in [0.2, 0.25) is 0 Å². The Morgan fingerprint density at radius 1 is 1.20 bits per heavy atom. The molecule has 2 aromatic carbocycles. The van der Waals surface area contributed by atoms with Gasteiger partial charge in [-0.25, -0.2) is 4.39 Å². The molecule has 1 unspecified atom stereocenters. The van der Waals surface area contributed by atoms with Gasteiger partial charge in [0, 0.05) is 0 Å². The first-order chi connectivity index (χ1) is 9.61. The van der Waals surface area contributed by atoms with Gasteiger partial charge < -0.3 is 10.5 Å². The van der Waals surface area contributed by atoms with Gasteiger partial charge in [0.1, 0.15) is 11.9 Å². The fraction of sp³-hybridized carbons (Fsp3) is 0.188. The van der Waals surface area contributed by atoms with Crippen LogP contribution in [0.3, 0.4) is 0 Å². The van der Waals surface area contributed by atoms with E-state index in [-0.39, 0.29) is 5.82 Å². The normalized spacial score (nSPS) is 11.9. The molecule has 0 aromatic heterocycles. The van der Waals surface area contributed by atoms with Gasteiger partial charge in [-0.3, -0.25) is 4.79 Å². The molecule has 0 amide bonds. The first-order valence-electron chi connectivity index (χ1n) is 6.29. The molecule has 104 valence electrons. The molecule has 0 radical (unpaired) electrons. The zero-order valence-corrected chi connectivity index (χ0v) is 11.2. The van der Waals surface area contributed by atoms with Crippen molar-refractivity contribution in [3.05, 3.63) is 59.9 Å². The van der Waals surface area contributed by atoms with E-state index in [1.54, 1.807) is 12.1 Å². The monoisotopic (exact) mass is 273 g/mol.